The number of hydrogen-bond donors (Lipinski definition) is 3. The summed E-state index contributed by atoms with van der Waals surface area (Å²) in [5.41, 5.74) is 7.59. The van der Waals surface area contributed by atoms with Gasteiger partial charge in [0, 0.05) is 18.3 Å². The minimum absolute atomic E-state index is 0.0281. The molecule has 0 aliphatic heterocycles. The molecule has 0 unspecified atom stereocenters. The molecule has 116 valence electrons. The molecule has 7 nitrogen and oxygen atoms in total. The lowest BCUT2D eigenvalue weighted by Crippen LogP contribution is -2.07. The van der Waals surface area contributed by atoms with E-state index in [2.05, 4.69) is 10.3 Å². The van der Waals surface area contributed by atoms with Gasteiger partial charge in [0.05, 0.1) is 31.2 Å². The van der Waals surface area contributed by atoms with Gasteiger partial charge in [-0.1, -0.05) is 0 Å². The highest BCUT2D eigenvalue weighted by Crippen LogP contribution is 2.35. The Morgan fingerprint density at radius 3 is 2.50 bits per heavy atom. The Bertz CT molecular complexity index is 716. The fourth-order valence-electron chi connectivity index (χ4n) is 1.96. The number of rotatable bonds is 5. The standard InChI is InChI=1S/C15H17N3O4/c1-8-4-5-17-14(13(8)16)18-10-7-12(22-3)11(21-2)6-9(10)15(19)20/h4-7H,16H2,1-3H3,(H,17,18)(H,19,20). The minimum atomic E-state index is -1.10. The Kier molecular flexibility index (Phi) is 4.36. The van der Waals surface area contributed by atoms with Crippen molar-refractivity contribution in [3.05, 3.63) is 35.5 Å². The average molecular weight is 303 g/mol. The van der Waals surface area contributed by atoms with Crippen molar-refractivity contribution in [2.24, 2.45) is 0 Å². The van der Waals surface area contributed by atoms with Crippen LogP contribution in [0.15, 0.2) is 24.4 Å². The molecule has 0 fully saturated rings. The topological polar surface area (TPSA) is 107 Å². The number of aryl methyl sites for hydroxylation is 1. The van der Waals surface area contributed by atoms with E-state index in [1.165, 1.54) is 26.4 Å². The molecule has 2 rings (SSSR count). The SMILES string of the molecule is COc1cc(Nc2nccc(C)c2N)c(C(=O)O)cc1OC. The first kappa shape index (κ1) is 15.4. The van der Waals surface area contributed by atoms with Crippen LogP contribution in [0.25, 0.3) is 0 Å². The second-order valence-electron chi connectivity index (χ2n) is 4.57. The van der Waals surface area contributed by atoms with Gasteiger partial charge in [0.15, 0.2) is 17.3 Å². The van der Waals surface area contributed by atoms with Gasteiger partial charge < -0.3 is 25.6 Å². The molecule has 4 N–H and O–H groups in total. The van der Waals surface area contributed by atoms with E-state index < -0.39 is 5.97 Å². The molecule has 0 aliphatic carbocycles. The molecule has 0 spiro atoms. The summed E-state index contributed by atoms with van der Waals surface area (Å²) < 4.78 is 10.3. The van der Waals surface area contributed by atoms with Gasteiger partial charge in [-0.15, -0.1) is 0 Å². The van der Waals surface area contributed by atoms with E-state index in [0.717, 1.165) is 5.56 Å². The number of methoxy groups -OCH3 is 2. The molecule has 0 saturated carbocycles. The molecule has 1 aromatic heterocycles. The summed E-state index contributed by atoms with van der Waals surface area (Å²) in [5.74, 6) is 0.0150. The molecule has 0 radical (unpaired) electrons. The zero-order chi connectivity index (χ0) is 16.3. The lowest BCUT2D eigenvalue weighted by atomic mass is 10.1. The van der Waals surface area contributed by atoms with E-state index in [4.69, 9.17) is 15.2 Å². The fraction of sp³-hybridized carbons (Fsp3) is 0.200. The average Bonchev–Trinajstić information content (AvgIpc) is 2.51. The van der Waals surface area contributed by atoms with E-state index in [-0.39, 0.29) is 5.56 Å². The van der Waals surface area contributed by atoms with Gasteiger partial charge in [-0.2, -0.15) is 0 Å². The molecule has 0 amide bonds. The van der Waals surface area contributed by atoms with Crippen molar-refractivity contribution in [2.45, 2.75) is 6.92 Å². The highest BCUT2D eigenvalue weighted by Gasteiger charge is 2.17. The predicted molar refractivity (Wildman–Crippen MR) is 83.2 cm³/mol. The van der Waals surface area contributed by atoms with Crippen LogP contribution in [-0.2, 0) is 0 Å². The number of ether oxygens (including phenoxy) is 2. The van der Waals surface area contributed by atoms with Crippen LogP contribution in [0.3, 0.4) is 0 Å². The zero-order valence-electron chi connectivity index (χ0n) is 12.5. The molecule has 1 aromatic carbocycles. The number of nitrogens with two attached hydrogens (primary N) is 1. The smallest absolute Gasteiger partial charge is 0.337 e. The van der Waals surface area contributed by atoms with Crippen molar-refractivity contribution >= 4 is 23.2 Å². The van der Waals surface area contributed by atoms with Crippen LogP contribution in [0.4, 0.5) is 17.2 Å². The summed E-state index contributed by atoms with van der Waals surface area (Å²) in [4.78, 5) is 15.6. The van der Waals surface area contributed by atoms with Crippen LogP contribution in [-0.4, -0.2) is 30.3 Å². The third-order valence-corrected chi connectivity index (χ3v) is 3.22. The maximum atomic E-state index is 11.4. The van der Waals surface area contributed by atoms with Crippen LogP contribution in [0.5, 0.6) is 11.5 Å². The van der Waals surface area contributed by atoms with Crippen molar-refractivity contribution in [3.63, 3.8) is 0 Å². The molecular weight excluding hydrogens is 286 g/mol. The first-order valence-corrected chi connectivity index (χ1v) is 6.45. The molecular formula is C15H17N3O4. The minimum Gasteiger partial charge on any atom is -0.493 e. The second-order valence-corrected chi connectivity index (χ2v) is 4.57. The Balaban J connectivity index is 2.53. The van der Waals surface area contributed by atoms with E-state index >= 15 is 0 Å². The number of nitrogens with one attached hydrogen (secondary N) is 1. The van der Waals surface area contributed by atoms with Gasteiger partial charge in [0.2, 0.25) is 0 Å². The number of benzene rings is 1. The lowest BCUT2D eigenvalue weighted by Gasteiger charge is -2.15. The first-order chi connectivity index (χ1) is 10.5. The van der Waals surface area contributed by atoms with Crippen LogP contribution < -0.4 is 20.5 Å². The van der Waals surface area contributed by atoms with Gasteiger partial charge in [0.25, 0.3) is 0 Å². The molecule has 0 bridgehead atoms. The number of pyridine rings is 1. The van der Waals surface area contributed by atoms with Crippen LogP contribution in [0, 0.1) is 6.92 Å². The number of nitrogen functional groups attached to an aromatic ring is 1. The summed E-state index contributed by atoms with van der Waals surface area (Å²) in [6.45, 7) is 1.84. The van der Waals surface area contributed by atoms with Gasteiger partial charge in [-0.25, -0.2) is 9.78 Å². The van der Waals surface area contributed by atoms with Gasteiger partial charge in [-0.3, -0.25) is 0 Å². The van der Waals surface area contributed by atoms with E-state index in [0.29, 0.717) is 28.7 Å². The molecule has 7 heteroatoms. The van der Waals surface area contributed by atoms with E-state index in [1.807, 2.05) is 6.92 Å². The second kappa shape index (κ2) is 6.21. The van der Waals surface area contributed by atoms with Crippen molar-refractivity contribution in [3.8, 4) is 11.5 Å². The maximum Gasteiger partial charge on any atom is 0.337 e. The number of carboxylic acids is 1. The maximum absolute atomic E-state index is 11.4. The monoisotopic (exact) mass is 303 g/mol. The lowest BCUT2D eigenvalue weighted by molar-refractivity contribution is 0.0697. The number of anilines is 3. The van der Waals surface area contributed by atoms with Crippen molar-refractivity contribution in [1.82, 2.24) is 4.98 Å². The Labute approximate surface area is 127 Å². The van der Waals surface area contributed by atoms with Crippen LogP contribution in [0.2, 0.25) is 0 Å². The molecule has 0 atom stereocenters. The van der Waals surface area contributed by atoms with E-state index in [9.17, 15) is 9.90 Å². The summed E-state index contributed by atoms with van der Waals surface area (Å²) in [5, 5.41) is 12.3. The molecule has 0 saturated heterocycles. The number of aromatic carboxylic acids is 1. The van der Waals surface area contributed by atoms with Crippen molar-refractivity contribution in [1.29, 1.82) is 0 Å². The summed E-state index contributed by atoms with van der Waals surface area (Å²) >= 11 is 0. The molecule has 2 aromatic rings. The van der Waals surface area contributed by atoms with E-state index in [1.54, 1.807) is 12.3 Å². The Morgan fingerprint density at radius 2 is 1.91 bits per heavy atom. The quantitative estimate of drug-likeness (QED) is 0.778. The first-order valence-electron chi connectivity index (χ1n) is 6.45. The highest BCUT2D eigenvalue weighted by molar-refractivity contribution is 5.96. The number of aromatic nitrogens is 1. The molecule has 22 heavy (non-hydrogen) atoms. The predicted octanol–water partition coefficient (Wildman–Crippen LogP) is 2.43. The summed E-state index contributed by atoms with van der Waals surface area (Å²) in [7, 11) is 2.91. The third kappa shape index (κ3) is 2.88. The highest BCUT2D eigenvalue weighted by atomic mass is 16.5. The fourth-order valence-corrected chi connectivity index (χ4v) is 1.96. The normalized spacial score (nSPS) is 10.1. The Morgan fingerprint density at radius 1 is 1.27 bits per heavy atom. The summed E-state index contributed by atoms with van der Waals surface area (Å²) in [6, 6.07) is 4.69. The van der Waals surface area contributed by atoms with Gasteiger partial charge >= 0.3 is 5.97 Å². The molecule has 1 heterocycles. The molecule has 0 aliphatic rings. The summed E-state index contributed by atoms with van der Waals surface area (Å²) in [6.07, 6.45) is 1.59. The Hall–Kier alpha value is -2.96. The van der Waals surface area contributed by atoms with Gasteiger partial charge in [-0.05, 0) is 18.6 Å². The number of carboxylic acid groups (broad SMARTS) is 1. The van der Waals surface area contributed by atoms with Gasteiger partial charge in [0.1, 0.15) is 0 Å². The zero-order valence-corrected chi connectivity index (χ0v) is 12.5. The van der Waals surface area contributed by atoms with Crippen molar-refractivity contribution < 1.29 is 19.4 Å². The number of nitrogens with zero attached hydrogens (tertiary/aromatic N) is 1. The number of carbonyl (C=O) groups is 1. The number of hydrogen-bond acceptors (Lipinski definition) is 6. The largest absolute Gasteiger partial charge is 0.493 e. The third-order valence-electron chi connectivity index (χ3n) is 3.22. The van der Waals surface area contributed by atoms with Crippen LogP contribution >= 0.6 is 0 Å². The van der Waals surface area contributed by atoms with Crippen molar-refractivity contribution in [2.75, 3.05) is 25.3 Å². The van der Waals surface area contributed by atoms with Crippen LogP contribution in [0.1, 0.15) is 15.9 Å².